The van der Waals surface area contributed by atoms with Gasteiger partial charge in [0.1, 0.15) is 0 Å². The third-order valence-electron chi connectivity index (χ3n) is 11.1. The molecule has 0 atom stereocenters. The number of aromatic nitrogens is 3. The standard InChI is InChI=1S/C52H33N3/c1-2-11-42(12-3-1)55-49-16-7-6-14-45(49)46-28-26-41(33-50(46)55)37-23-19-35(20-24-37)34-17-21-36(22-18-34)38-9-8-10-39(31-38)40-25-27-44-43-13-4-5-15-47(43)51-52(48(44)32-40)54-30-29-53-51/h1-33H. The third-order valence-corrected chi connectivity index (χ3v) is 11.1. The zero-order valence-corrected chi connectivity index (χ0v) is 29.9. The van der Waals surface area contributed by atoms with Crippen LogP contribution in [-0.4, -0.2) is 14.5 Å². The Labute approximate surface area is 318 Å². The van der Waals surface area contributed by atoms with Crippen molar-refractivity contribution in [2.75, 3.05) is 0 Å². The van der Waals surface area contributed by atoms with Gasteiger partial charge in [0.05, 0.1) is 22.1 Å². The molecule has 3 heteroatoms. The molecule has 3 nitrogen and oxygen atoms in total. The van der Waals surface area contributed by atoms with E-state index in [4.69, 9.17) is 9.97 Å². The summed E-state index contributed by atoms with van der Waals surface area (Å²) in [5.41, 5.74) is 15.0. The molecule has 0 amide bonds. The van der Waals surface area contributed by atoms with Gasteiger partial charge in [0, 0.05) is 39.6 Å². The first kappa shape index (κ1) is 31.2. The highest BCUT2D eigenvalue weighted by molar-refractivity contribution is 6.23. The first-order chi connectivity index (χ1) is 27.3. The molecule has 0 aliphatic heterocycles. The molecule has 11 aromatic rings. The Morgan fingerprint density at radius 2 is 0.727 bits per heavy atom. The fraction of sp³-hybridized carbons (Fsp3) is 0. The molecule has 0 fully saturated rings. The average molecular weight is 700 g/mol. The van der Waals surface area contributed by atoms with Crippen molar-refractivity contribution in [3.05, 3.63) is 200 Å². The molecule has 2 heterocycles. The minimum atomic E-state index is 0.936. The van der Waals surface area contributed by atoms with Crippen LogP contribution in [0.5, 0.6) is 0 Å². The lowest BCUT2D eigenvalue weighted by Crippen LogP contribution is -1.93. The van der Waals surface area contributed by atoms with E-state index in [1.165, 1.54) is 77.2 Å². The molecule has 0 saturated carbocycles. The Kier molecular flexibility index (Phi) is 7.17. The predicted octanol–water partition coefficient (Wildman–Crippen LogP) is 13.7. The van der Waals surface area contributed by atoms with Gasteiger partial charge in [0.2, 0.25) is 0 Å². The molecular weight excluding hydrogens is 667 g/mol. The van der Waals surface area contributed by atoms with E-state index in [2.05, 4.69) is 193 Å². The topological polar surface area (TPSA) is 30.7 Å². The van der Waals surface area contributed by atoms with E-state index in [-0.39, 0.29) is 0 Å². The quantitative estimate of drug-likeness (QED) is 0.167. The Balaban J connectivity index is 0.894. The van der Waals surface area contributed by atoms with Crippen LogP contribution in [0.25, 0.3) is 105 Å². The van der Waals surface area contributed by atoms with Crippen LogP contribution in [0.15, 0.2) is 200 Å². The highest BCUT2D eigenvalue weighted by Gasteiger charge is 2.14. The maximum Gasteiger partial charge on any atom is 0.0971 e. The maximum absolute atomic E-state index is 4.78. The van der Waals surface area contributed by atoms with Gasteiger partial charge in [-0.2, -0.15) is 0 Å². The molecular formula is C52H33N3. The minimum Gasteiger partial charge on any atom is -0.309 e. The maximum atomic E-state index is 4.78. The van der Waals surface area contributed by atoms with Gasteiger partial charge in [-0.15, -0.1) is 0 Å². The van der Waals surface area contributed by atoms with Gasteiger partial charge in [-0.25, -0.2) is 0 Å². The number of para-hydroxylation sites is 2. The number of benzene rings is 9. The Morgan fingerprint density at radius 3 is 1.42 bits per heavy atom. The van der Waals surface area contributed by atoms with Crippen molar-refractivity contribution >= 4 is 54.4 Å². The van der Waals surface area contributed by atoms with E-state index in [1.807, 2.05) is 0 Å². The molecule has 0 N–H and O–H groups in total. The summed E-state index contributed by atoms with van der Waals surface area (Å²) >= 11 is 0. The van der Waals surface area contributed by atoms with Crippen LogP contribution in [0.3, 0.4) is 0 Å². The van der Waals surface area contributed by atoms with Crippen molar-refractivity contribution in [3.63, 3.8) is 0 Å². The summed E-state index contributed by atoms with van der Waals surface area (Å²) in [5.74, 6) is 0. The number of nitrogens with zero attached hydrogens (tertiary/aromatic N) is 3. The van der Waals surface area contributed by atoms with Crippen LogP contribution in [0.4, 0.5) is 0 Å². The summed E-state index contributed by atoms with van der Waals surface area (Å²) in [7, 11) is 0. The molecule has 55 heavy (non-hydrogen) atoms. The van der Waals surface area contributed by atoms with Crippen molar-refractivity contribution in [1.29, 1.82) is 0 Å². The normalized spacial score (nSPS) is 11.6. The van der Waals surface area contributed by atoms with Crippen LogP contribution in [0, 0.1) is 0 Å². The number of rotatable bonds is 5. The van der Waals surface area contributed by atoms with Gasteiger partial charge in [-0.3, -0.25) is 9.97 Å². The molecule has 0 saturated heterocycles. The molecule has 0 aliphatic rings. The SMILES string of the molecule is c1ccc(-n2c3ccccc3c3ccc(-c4ccc(-c5ccc(-c6cccc(-c7ccc8c9ccccc9c9nccnc9c8c7)c6)cc5)cc4)cc32)cc1. The fourth-order valence-electron chi connectivity index (χ4n) is 8.41. The summed E-state index contributed by atoms with van der Waals surface area (Å²) in [4.78, 5) is 9.51. The van der Waals surface area contributed by atoms with Crippen molar-refractivity contribution in [2.45, 2.75) is 0 Å². The highest BCUT2D eigenvalue weighted by Crippen LogP contribution is 2.38. The summed E-state index contributed by atoms with van der Waals surface area (Å²) in [6.45, 7) is 0. The lowest BCUT2D eigenvalue weighted by atomic mass is 9.94. The molecule has 0 aliphatic carbocycles. The molecule has 9 aromatic carbocycles. The highest BCUT2D eigenvalue weighted by atomic mass is 15.0. The third kappa shape index (κ3) is 5.20. The second kappa shape index (κ2) is 12.6. The van der Waals surface area contributed by atoms with Crippen LogP contribution in [-0.2, 0) is 0 Å². The number of hydrogen-bond acceptors (Lipinski definition) is 2. The fourth-order valence-corrected chi connectivity index (χ4v) is 8.41. The average Bonchev–Trinajstić information content (AvgIpc) is 3.60. The zero-order valence-electron chi connectivity index (χ0n) is 29.9. The summed E-state index contributed by atoms with van der Waals surface area (Å²) in [6, 6.07) is 68.1. The van der Waals surface area contributed by atoms with E-state index < -0.39 is 0 Å². The molecule has 0 radical (unpaired) electrons. The van der Waals surface area contributed by atoms with Crippen LogP contribution < -0.4 is 0 Å². The first-order valence-corrected chi connectivity index (χ1v) is 18.7. The van der Waals surface area contributed by atoms with Crippen LogP contribution in [0.2, 0.25) is 0 Å². The van der Waals surface area contributed by atoms with E-state index >= 15 is 0 Å². The lowest BCUT2D eigenvalue weighted by Gasteiger charge is -2.12. The van der Waals surface area contributed by atoms with Crippen molar-refractivity contribution in [3.8, 4) is 50.2 Å². The molecule has 2 aromatic heterocycles. The van der Waals surface area contributed by atoms with Gasteiger partial charge in [0.15, 0.2) is 0 Å². The lowest BCUT2D eigenvalue weighted by molar-refractivity contribution is 1.18. The minimum absolute atomic E-state index is 0.936. The van der Waals surface area contributed by atoms with E-state index in [0.29, 0.717) is 0 Å². The van der Waals surface area contributed by atoms with Gasteiger partial charge >= 0.3 is 0 Å². The first-order valence-electron chi connectivity index (χ1n) is 18.7. The molecule has 0 unspecified atom stereocenters. The smallest absolute Gasteiger partial charge is 0.0971 e. The molecule has 0 bridgehead atoms. The second-order valence-electron chi connectivity index (χ2n) is 14.2. The van der Waals surface area contributed by atoms with Crippen molar-refractivity contribution < 1.29 is 0 Å². The monoisotopic (exact) mass is 699 g/mol. The van der Waals surface area contributed by atoms with Crippen LogP contribution >= 0.6 is 0 Å². The van der Waals surface area contributed by atoms with Crippen molar-refractivity contribution in [1.82, 2.24) is 14.5 Å². The zero-order chi connectivity index (χ0) is 36.3. The Bertz CT molecular complexity index is 3200. The Morgan fingerprint density at radius 1 is 0.273 bits per heavy atom. The molecule has 11 rings (SSSR count). The summed E-state index contributed by atoms with van der Waals surface area (Å²) in [5, 5.41) is 7.18. The second-order valence-corrected chi connectivity index (χ2v) is 14.2. The van der Waals surface area contributed by atoms with Gasteiger partial charge < -0.3 is 4.57 Å². The van der Waals surface area contributed by atoms with Crippen molar-refractivity contribution in [2.24, 2.45) is 0 Å². The van der Waals surface area contributed by atoms with Crippen LogP contribution in [0.1, 0.15) is 0 Å². The van der Waals surface area contributed by atoms with Gasteiger partial charge in [0.25, 0.3) is 0 Å². The molecule has 0 spiro atoms. The Hall–Kier alpha value is -7.36. The number of hydrogen-bond donors (Lipinski definition) is 0. The van der Waals surface area contributed by atoms with Gasteiger partial charge in [-0.1, -0.05) is 152 Å². The molecule has 256 valence electrons. The number of fused-ring (bicyclic) bond motifs is 9. The summed E-state index contributed by atoms with van der Waals surface area (Å²) in [6.07, 6.45) is 3.57. The van der Waals surface area contributed by atoms with E-state index in [9.17, 15) is 0 Å². The van der Waals surface area contributed by atoms with E-state index in [1.54, 1.807) is 12.4 Å². The summed E-state index contributed by atoms with van der Waals surface area (Å²) < 4.78 is 2.38. The van der Waals surface area contributed by atoms with E-state index in [0.717, 1.165) is 27.4 Å². The van der Waals surface area contributed by atoms with Gasteiger partial charge in [-0.05, 0) is 91.7 Å². The predicted molar refractivity (Wildman–Crippen MR) is 231 cm³/mol. The largest absolute Gasteiger partial charge is 0.309 e.